The van der Waals surface area contributed by atoms with Crippen LogP contribution in [0.5, 0.6) is 0 Å². The Hall–Kier alpha value is -2.93. The first-order chi connectivity index (χ1) is 14.1. The number of hydrogen-bond acceptors (Lipinski definition) is 3. The predicted molar refractivity (Wildman–Crippen MR) is 109 cm³/mol. The number of hydrogen-bond donors (Lipinski definition) is 2. The fourth-order valence-electron chi connectivity index (χ4n) is 4.06. The zero-order valence-corrected chi connectivity index (χ0v) is 16.4. The van der Waals surface area contributed by atoms with Gasteiger partial charge in [0.2, 0.25) is 0 Å². The van der Waals surface area contributed by atoms with Gasteiger partial charge in [0.05, 0.1) is 11.6 Å². The lowest BCUT2D eigenvalue weighted by molar-refractivity contribution is -0.265. The normalized spacial score (nSPS) is 22.9. The Morgan fingerprint density at radius 1 is 1.17 bits per heavy atom. The number of aryl methyl sites for hydroxylation is 1. The summed E-state index contributed by atoms with van der Waals surface area (Å²) < 4.78 is 56.3. The number of benzene rings is 2. The SMILES string of the molecule is CC=C1CC(O)(C(F)(F)F)C(Nc2cccc3nc(C)ccc23)c2ccc(F)cc21. The van der Waals surface area contributed by atoms with Crippen LogP contribution in [0.25, 0.3) is 16.5 Å². The molecule has 2 N–H and O–H groups in total. The zero-order valence-electron chi connectivity index (χ0n) is 16.4. The summed E-state index contributed by atoms with van der Waals surface area (Å²) in [6.07, 6.45) is -4.11. The number of nitrogens with one attached hydrogen (secondary N) is 1. The molecule has 1 aliphatic carbocycles. The van der Waals surface area contributed by atoms with Crippen LogP contribution >= 0.6 is 0 Å². The smallest absolute Gasteiger partial charge is 0.378 e. The maximum absolute atomic E-state index is 14.1. The summed E-state index contributed by atoms with van der Waals surface area (Å²) in [4.78, 5) is 4.41. The molecule has 1 aromatic heterocycles. The van der Waals surface area contributed by atoms with Crippen molar-refractivity contribution in [2.45, 2.75) is 38.1 Å². The predicted octanol–water partition coefficient (Wildman–Crippen LogP) is 5.94. The van der Waals surface area contributed by atoms with Crippen LogP contribution in [0.3, 0.4) is 0 Å². The molecular weight excluding hydrogens is 396 g/mol. The molecule has 0 amide bonds. The summed E-state index contributed by atoms with van der Waals surface area (Å²) >= 11 is 0. The van der Waals surface area contributed by atoms with Gasteiger partial charge in [-0.25, -0.2) is 4.39 Å². The molecule has 0 aliphatic heterocycles. The van der Waals surface area contributed by atoms with E-state index in [9.17, 15) is 22.7 Å². The molecule has 30 heavy (non-hydrogen) atoms. The van der Waals surface area contributed by atoms with E-state index in [0.29, 0.717) is 22.2 Å². The number of pyridine rings is 1. The van der Waals surface area contributed by atoms with E-state index in [1.807, 2.05) is 6.92 Å². The monoisotopic (exact) mass is 416 g/mol. The molecule has 2 unspecified atom stereocenters. The topological polar surface area (TPSA) is 45.1 Å². The Bertz CT molecular complexity index is 1160. The molecular formula is C23H20F4N2O. The Kier molecular flexibility index (Phi) is 4.81. The molecule has 0 saturated carbocycles. The van der Waals surface area contributed by atoms with E-state index in [0.717, 1.165) is 11.8 Å². The van der Waals surface area contributed by atoms with Gasteiger partial charge in [0.15, 0.2) is 5.60 Å². The first-order valence-corrected chi connectivity index (χ1v) is 9.51. The average molecular weight is 416 g/mol. The first-order valence-electron chi connectivity index (χ1n) is 9.51. The number of nitrogens with zero attached hydrogens (tertiary/aromatic N) is 1. The molecule has 4 rings (SSSR count). The van der Waals surface area contributed by atoms with Crippen molar-refractivity contribution < 1.29 is 22.7 Å². The third-order valence-corrected chi connectivity index (χ3v) is 5.62. The number of aromatic nitrogens is 1. The molecule has 0 spiro atoms. The number of alkyl halides is 3. The lowest BCUT2D eigenvalue weighted by Gasteiger charge is -2.43. The molecule has 3 aromatic rings. The van der Waals surface area contributed by atoms with Crippen molar-refractivity contribution in [3.8, 4) is 0 Å². The minimum Gasteiger partial charge on any atom is -0.378 e. The van der Waals surface area contributed by atoms with E-state index in [1.54, 1.807) is 37.3 Å². The fraction of sp³-hybridized carbons (Fsp3) is 0.261. The molecule has 1 heterocycles. The maximum Gasteiger partial charge on any atom is 0.419 e. The zero-order chi connectivity index (χ0) is 21.7. The summed E-state index contributed by atoms with van der Waals surface area (Å²) in [6, 6.07) is 10.7. The molecule has 0 fully saturated rings. The van der Waals surface area contributed by atoms with Crippen molar-refractivity contribution >= 4 is 22.2 Å². The second-order valence-corrected chi connectivity index (χ2v) is 7.55. The van der Waals surface area contributed by atoms with E-state index >= 15 is 0 Å². The maximum atomic E-state index is 14.1. The van der Waals surface area contributed by atoms with Crippen molar-refractivity contribution in [2.75, 3.05) is 5.32 Å². The van der Waals surface area contributed by atoms with Crippen LogP contribution in [0.1, 0.15) is 36.2 Å². The van der Waals surface area contributed by atoms with Crippen LogP contribution in [0, 0.1) is 12.7 Å². The Balaban J connectivity index is 1.92. The Morgan fingerprint density at radius 2 is 1.93 bits per heavy atom. The largest absolute Gasteiger partial charge is 0.419 e. The molecule has 0 radical (unpaired) electrons. The first kappa shape index (κ1) is 20.3. The van der Waals surface area contributed by atoms with Gasteiger partial charge in [-0.2, -0.15) is 13.2 Å². The summed E-state index contributed by atoms with van der Waals surface area (Å²) in [7, 11) is 0. The summed E-state index contributed by atoms with van der Waals surface area (Å²) in [5.74, 6) is -0.547. The van der Waals surface area contributed by atoms with Gasteiger partial charge in [0.1, 0.15) is 5.82 Å². The van der Waals surface area contributed by atoms with Crippen molar-refractivity contribution in [1.29, 1.82) is 0 Å². The summed E-state index contributed by atoms with van der Waals surface area (Å²) in [5.41, 5.74) is -0.460. The Morgan fingerprint density at radius 3 is 2.63 bits per heavy atom. The highest BCUT2D eigenvalue weighted by atomic mass is 19.4. The molecule has 7 heteroatoms. The quantitative estimate of drug-likeness (QED) is 0.509. The van der Waals surface area contributed by atoms with Gasteiger partial charge >= 0.3 is 6.18 Å². The highest BCUT2D eigenvalue weighted by Gasteiger charge is 2.61. The van der Waals surface area contributed by atoms with Crippen LogP contribution in [0.15, 0.2) is 54.6 Å². The number of rotatable bonds is 2. The van der Waals surface area contributed by atoms with Crippen molar-refractivity contribution in [3.63, 3.8) is 0 Å². The molecule has 2 aromatic carbocycles. The average Bonchev–Trinajstić information content (AvgIpc) is 2.68. The van der Waals surface area contributed by atoms with Crippen molar-refractivity contribution in [1.82, 2.24) is 4.98 Å². The molecule has 1 aliphatic rings. The summed E-state index contributed by atoms with van der Waals surface area (Å²) in [6.45, 7) is 3.40. The van der Waals surface area contributed by atoms with Gasteiger partial charge in [0.25, 0.3) is 0 Å². The number of halogens is 4. The van der Waals surface area contributed by atoms with Crippen LogP contribution in [-0.2, 0) is 0 Å². The Labute approximate surface area is 171 Å². The van der Waals surface area contributed by atoms with Gasteiger partial charge in [-0.1, -0.05) is 18.2 Å². The molecule has 0 saturated heterocycles. The third-order valence-electron chi connectivity index (χ3n) is 5.62. The van der Waals surface area contributed by atoms with E-state index in [-0.39, 0.29) is 11.1 Å². The highest BCUT2D eigenvalue weighted by Crippen LogP contribution is 2.52. The van der Waals surface area contributed by atoms with Gasteiger partial charge < -0.3 is 10.4 Å². The van der Waals surface area contributed by atoms with E-state index < -0.39 is 30.1 Å². The standard InChI is InChI=1S/C23H20F4N2O/c1-3-14-12-22(30,23(25,26)27)21(16-10-8-15(24)11-18(14)16)29-20-6-4-5-19-17(20)9-7-13(2)28-19/h3-11,21,29-30H,12H2,1-2H3. The lowest BCUT2D eigenvalue weighted by Crippen LogP contribution is -2.54. The number of aliphatic hydroxyl groups is 1. The minimum atomic E-state index is -4.91. The minimum absolute atomic E-state index is 0.188. The molecule has 3 nitrogen and oxygen atoms in total. The van der Waals surface area contributed by atoms with Crippen LogP contribution in [0.2, 0.25) is 0 Å². The second kappa shape index (κ2) is 7.09. The van der Waals surface area contributed by atoms with Crippen LogP contribution < -0.4 is 5.32 Å². The highest BCUT2D eigenvalue weighted by molar-refractivity contribution is 5.92. The second-order valence-electron chi connectivity index (χ2n) is 7.55. The van der Waals surface area contributed by atoms with Crippen LogP contribution in [-0.4, -0.2) is 21.9 Å². The van der Waals surface area contributed by atoms with E-state index in [1.165, 1.54) is 18.2 Å². The molecule has 0 bridgehead atoms. The van der Waals surface area contributed by atoms with Gasteiger partial charge in [0, 0.05) is 23.2 Å². The molecule has 2 atom stereocenters. The molecule has 156 valence electrons. The van der Waals surface area contributed by atoms with Gasteiger partial charge in [-0.05, 0) is 66.9 Å². The van der Waals surface area contributed by atoms with Crippen LogP contribution in [0.4, 0.5) is 23.2 Å². The number of anilines is 1. The van der Waals surface area contributed by atoms with Gasteiger partial charge in [-0.15, -0.1) is 0 Å². The summed E-state index contributed by atoms with van der Waals surface area (Å²) in [5, 5.41) is 14.5. The van der Waals surface area contributed by atoms with Crippen molar-refractivity contribution in [2.24, 2.45) is 0 Å². The fourth-order valence-corrected chi connectivity index (χ4v) is 4.06. The number of fused-ring (bicyclic) bond motifs is 2. The van der Waals surface area contributed by atoms with Gasteiger partial charge in [-0.3, -0.25) is 4.98 Å². The third kappa shape index (κ3) is 3.23. The van der Waals surface area contributed by atoms with E-state index in [4.69, 9.17) is 0 Å². The van der Waals surface area contributed by atoms with E-state index in [2.05, 4.69) is 10.3 Å². The van der Waals surface area contributed by atoms with Crippen molar-refractivity contribution in [3.05, 3.63) is 77.2 Å². The lowest BCUT2D eigenvalue weighted by atomic mass is 9.73. The number of allylic oxidation sites excluding steroid dienone is 1.